The molecule has 5 nitrogen and oxygen atoms in total. The number of anilines is 1. The second-order valence-electron chi connectivity index (χ2n) is 4.93. The van der Waals surface area contributed by atoms with E-state index in [4.69, 9.17) is 15.6 Å². The van der Waals surface area contributed by atoms with Gasteiger partial charge >= 0.3 is 0 Å². The number of hydrogen-bond donors (Lipinski definition) is 2. The summed E-state index contributed by atoms with van der Waals surface area (Å²) in [7, 11) is 1.69. The van der Waals surface area contributed by atoms with Crippen molar-refractivity contribution in [3.05, 3.63) is 24.3 Å². The Morgan fingerprint density at radius 3 is 2.68 bits per heavy atom. The highest BCUT2D eigenvalue weighted by Crippen LogP contribution is 2.21. The topological polar surface area (TPSA) is 62.0 Å². The number of aliphatic hydroxyl groups excluding tert-OH is 1. The fraction of sp³-hybridized carbons (Fsp3) is 0.571. The lowest BCUT2D eigenvalue weighted by Crippen LogP contribution is -2.50. The van der Waals surface area contributed by atoms with Crippen molar-refractivity contribution in [3.63, 3.8) is 0 Å². The van der Waals surface area contributed by atoms with Crippen LogP contribution in [-0.2, 0) is 0 Å². The molecule has 1 aromatic rings. The Morgan fingerprint density at radius 1 is 1.32 bits per heavy atom. The van der Waals surface area contributed by atoms with Crippen molar-refractivity contribution in [1.82, 2.24) is 4.90 Å². The predicted molar refractivity (Wildman–Crippen MR) is 76.7 cm³/mol. The van der Waals surface area contributed by atoms with Crippen molar-refractivity contribution < 1.29 is 9.84 Å². The molecule has 1 aromatic carbocycles. The van der Waals surface area contributed by atoms with E-state index in [1.807, 2.05) is 12.1 Å². The Hall–Kier alpha value is -1.30. The maximum absolute atomic E-state index is 8.98. The largest absolute Gasteiger partial charge is 0.497 e. The molecule has 0 amide bonds. The first kappa shape index (κ1) is 14.1. The molecule has 1 saturated heterocycles. The average Bonchev–Trinajstić information content (AvgIpc) is 2.48. The van der Waals surface area contributed by atoms with Crippen molar-refractivity contribution in [2.45, 2.75) is 6.04 Å². The normalized spacial score (nSPS) is 18.4. The van der Waals surface area contributed by atoms with Crippen molar-refractivity contribution in [1.29, 1.82) is 0 Å². The number of nitrogens with zero attached hydrogens (tertiary/aromatic N) is 2. The Balaban J connectivity index is 1.88. The molecule has 1 fully saturated rings. The van der Waals surface area contributed by atoms with Crippen LogP contribution in [0.1, 0.15) is 0 Å². The first-order chi connectivity index (χ1) is 9.22. The van der Waals surface area contributed by atoms with Gasteiger partial charge in [-0.3, -0.25) is 4.90 Å². The summed E-state index contributed by atoms with van der Waals surface area (Å²) in [6, 6.07) is 8.01. The SMILES string of the molecule is COc1cccc(N2CCN(CC(N)CO)CC2)c1. The second-order valence-corrected chi connectivity index (χ2v) is 4.93. The molecule has 0 radical (unpaired) electrons. The van der Waals surface area contributed by atoms with E-state index in [1.165, 1.54) is 5.69 Å². The highest BCUT2D eigenvalue weighted by Gasteiger charge is 2.18. The van der Waals surface area contributed by atoms with Crippen molar-refractivity contribution in [2.75, 3.05) is 51.3 Å². The van der Waals surface area contributed by atoms with Crippen LogP contribution in [-0.4, -0.2) is 62.5 Å². The maximum Gasteiger partial charge on any atom is 0.120 e. The first-order valence-electron chi connectivity index (χ1n) is 6.70. The molecule has 1 heterocycles. The van der Waals surface area contributed by atoms with E-state index in [-0.39, 0.29) is 12.6 Å². The van der Waals surface area contributed by atoms with E-state index >= 15 is 0 Å². The fourth-order valence-electron chi connectivity index (χ4n) is 2.39. The molecule has 19 heavy (non-hydrogen) atoms. The summed E-state index contributed by atoms with van der Waals surface area (Å²) in [5.41, 5.74) is 6.97. The monoisotopic (exact) mass is 265 g/mol. The maximum atomic E-state index is 8.98. The van der Waals surface area contributed by atoms with Crippen LogP contribution < -0.4 is 15.4 Å². The van der Waals surface area contributed by atoms with E-state index in [0.29, 0.717) is 0 Å². The summed E-state index contributed by atoms with van der Waals surface area (Å²) in [6.45, 7) is 4.73. The van der Waals surface area contributed by atoms with E-state index in [0.717, 1.165) is 38.5 Å². The van der Waals surface area contributed by atoms with Gasteiger partial charge in [0.15, 0.2) is 0 Å². The summed E-state index contributed by atoms with van der Waals surface area (Å²) in [6.07, 6.45) is 0. The average molecular weight is 265 g/mol. The van der Waals surface area contributed by atoms with E-state index in [1.54, 1.807) is 7.11 Å². The lowest BCUT2D eigenvalue weighted by Gasteiger charge is -2.37. The molecule has 0 aromatic heterocycles. The summed E-state index contributed by atoms with van der Waals surface area (Å²) >= 11 is 0. The van der Waals surface area contributed by atoms with Gasteiger partial charge in [-0.25, -0.2) is 0 Å². The molecule has 0 aliphatic carbocycles. The third-order valence-corrected chi connectivity index (χ3v) is 3.52. The van der Waals surface area contributed by atoms with Gasteiger partial charge in [-0.15, -0.1) is 0 Å². The van der Waals surface area contributed by atoms with Gasteiger partial charge in [-0.1, -0.05) is 6.07 Å². The number of hydrogen-bond acceptors (Lipinski definition) is 5. The minimum absolute atomic E-state index is 0.0517. The van der Waals surface area contributed by atoms with Crippen LogP contribution in [0.4, 0.5) is 5.69 Å². The number of aliphatic hydroxyl groups is 1. The highest BCUT2D eigenvalue weighted by molar-refractivity contribution is 5.51. The van der Waals surface area contributed by atoms with Crippen LogP contribution >= 0.6 is 0 Å². The highest BCUT2D eigenvalue weighted by atomic mass is 16.5. The van der Waals surface area contributed by atoms with Crippen LogP contribution in [0, 0.1) is 0 Å². The van der Waals surface area contributed by atoms with Crippen LogP contribution in [0.25, 0.3) is 0 Å². The molecule has 1 atom stereocenters. The number of methoxy groups -OCH3 is 1. The number of piperazine rings is 1. The van der Waals surface area contributed by atoms with Crippen LogP contribution in [0.3, 0.4) is 0 Å². The van der Waals surface area contributed by atoms with Gasteiger partial charge in [-0.2, -0.15) is 0 Å². The van der Waals surface area contributed by atoms with E-state index in [9.17, 15) is 0 Å². The first-order valence-corrected chi connectivity index (χ1v) is 6.70. The fourth-order valence-corrected chi connectivity index (χ4v) is 2.39. The van der Waals surface area contributed by atoms with E-state index < -0.39 is 0 Å². The number of rotatable bonds is 5. The van der Waals surface area contributed by atoms with Crippen molar-refractivity contribution in [3.8, 4) is 5.75 Å². The molecular formula is C14H23N3O2. The third-order valence-electron chi connectivity index (χ3n) is 3.52. The number of ether oxygens (including phenoxy) is 1. The molecule has 106 valence electrons. The van der Waals surface area contributed by atoms with Gasteiger partial charge in [0.05, 0.1) is 13.7 Å². The second kappa shape index (κ2) is 6.75. The third kappa shape index (κ3) is 3.83. The summed E-state index contributed by atoms with van der Waals surface area (Å²) < 4.78 is 5.25. The predicted octanol–water partition coefficient (Wildman–Crippen LogP) is 0.137. The van der Waals surface area contributed by atoms with Gasteiger partial charge in [0.25, 0.3) is 0 Å². The molecule has 1 aliphatic heterocycles. The minimum atomic E-state index is -0.136. The van der Waals surface area contributed by atoms with Gasteiger partial charge in [0.1, 0.15) is 5.75 Å². The smallest absolute Gasteiger partial charge is 0.120 e. The van der Waals surface area contributed by atoms with Gasteiger partial charge in [-0.05, 0) is 12.1 Å². The Kier molecular flexibility index (Phi) is 5.01. The summed E-state index contributed by atoms with van der Waals surface area (Å²) in [4.78, 5) is 4.65. The number of benzene rings is 1. The standard InChI is InChI=1S/C14H23N3O2/c1-19-14-4-2-3-13(9-14)17-7-5-16(6-8-17)10-12(15)11-18/h2-4,9,12,18H,5-8,10-11,15H2,1H3. The van der Waals surface area contributed by atoms with E-state index in [2.05, 4.69) is 21.9 Å². The Bertz CT molecular complexity index is 392. The van der Waals surface area contributed by atoms with Gasteiger partial charge in [0.2, 0.25) is 0 Å². The molecule has 3 N–H and O–H groups in total. The molecule has 1 aliphatic rings. The van der Waals surface area contributed by atoms with Crippen molar-refractivity contribution in [2.24, 2.45) is 5.73 Å². The molecule has 5 heteroatoms. The quantitative estimate of drug-likeness (QED) is 0.793. The lowest BCUT2D eigenvalue weighted by atomic mass is 10.2. The molecule has 2 rings (SSSR count). The Morgan fingerprint density at radius 2 is 2.05 bits per heavy atom. The number of nitrogens with two attached hydrogens (primary N) is 1. The summed E-state index contributed by atoms with van der Waals surface area (Å²) in [5, 5.41) is 8.98. The molecule has 0 spiro atoms. The molecular weight excluding hydrogens is 242 g/mol. The molecule has 0 saturated carbocycles. The van der Waals surface area contributed by atoms with Gasteiger partial charge < -0.3 is 20.5 Å². The molecule has 1 unspecified atom stereocenters. The zero-order valence-electron chi connectivity index (χ0n) is 11.5. The summed E-state index contributed by atoms with van der Waals surface area (Å²) in [5.74, 6) is 0.891. The lowest BCUT2D eigenvalue weighted by molar-refractivity contribution is 0.194. The zero-order valence-corrected chi connectivity index (χ0v) is 11.5. The molecule has 0 bridgehead atoms. The zero-order chi connectivity index (χ0) is 13.7. The van der Waals surface area contributed by atoms with Crippen LogP contribution in [0.2, 0.25) is 0 Å². The van der Waals surface area contributed by atoms with Gasteiger partial charge in [0, 0.05) is 50.5 Å². The van der Waals surface area contributed by atoms with Crippen LogP contribution in [0.5, 0.6) is 5.75 Å². The Labute approximate surface area is 114 Å². The minimum Gasteiger partial charge on any atom is -0.497 e. The van der Waals surface area contributed by atoms with Crippen molar-refractivity contribution >= 4 is 5.69 Å². The van der Waals surface area contributed by atoms with Crippen LogP contribution in [0.15, 0.2) is 24.3 Å².